The number of thiophene rings is 2. The molecule has 0 bridgehead atoms. The van der Waals surface area contributed by atoms with Crippen LogP contribution in [-0.4, -0.2) is 12.6 Å². The summed E-state index contributed by atoms with van der Waals surface area (Å²) in [4.78, 5) is 13.3. The Morgan fingerprint density at radius 3 is 2.90 bits per heavy atom. The summed E-state index contributed by atoms with van der Waals surface area (Å²) in [5.41, 5.74) is 1.21. The van der Waals surface area contributed by atoms with Crippen LogP contribution in [0.15, 0.2) is 41.8 Å². The minimum absolute atomic E-state index is 0.247. The molecule has 0 saturated heterocycles. The average molecular weight is 314 g/mol. The third-order valence-electron chi connectivity index (χ3n) is 3.04. The van der Waals surface area contributed by atoms with Crippen molar-refractivity contribution in [2.45, 2.75) is 6.92 Å². The van der Waals surface area contributed by atoms with Crippen LogP contribution in [0, 0.1) is 0 Å². The number of ether oxygens (including phenoxy) is 1. The molecular formula is C17H14O2S2. The van der Waals surface area contributed by atoms with E-state index in [0.29, 0.717) is 11.5 Å². The van der Waals surface area contributed by atoms with Gasteiger partial charge in [-0.25, -0.2) is 4.79 Å². The van der Waals surface area contributed by atoms with Gasteiger partial charge in [0.25, 0.3) is 0 Å². The molecule has 2 nitrogen and oxygen atoms in total. The molecule has 0 atom stereocenters. The summed E-state index contributed by atoms with van der Waals surface area (Å²) < 4.78 is 6.29. The Bertz CT molecular complexity index is 796. The molecule has 21 heavy (non-hydrogen) atoms. The second kappa shape index (κ2) is 6.24. The van der Waals surface area contributed by atoms with E-state index < -0.39 is 0 Å². The van der Waals surface area contributed by atoms with Gasteiger partial charge >= 0.3 is 5.97 Å². The van der Waals surface area contributed by atoms with E-state index in [4.69, 9.17) is 4.74 Å². The van der Waals surface area contributed by atoms with Crippen molar-refractivity contribution in [3.8, 4) is 0 Å². The monoisotopic (exact) mass is 314 g/mol. The lowest BCUT2D eigenvalue weighted by Crippen LogP contribution is -2.01. The van der Waals surface area contributed by atoms with Crippen LogP contribution < -0.4 is 0 Å². The van der Waals surface area contributed by atoms with Crippen LogP contribution >= 0.6 is 22.7 Å². The zero-order valence-corrected chi connectivity index (χ0v) is 13.2. The predicted octanol–water partition coefficient (Wildman–Crippen LogP) is 5.31. The Morgan fingerprint density at radius 1 is 1.19 bits per heavy atom. The number of benzene rings is 1. The van der Waals surface area contributed by atoms with Gasteiger partial charge in [0.1, 0.15) is 4.88 Å². The first-order chi connectivity index (χ1) is 10.3. The summed E-state index contributed by atoms with van der Waals surface area (Å²) in [6.07, 6.45) is 4.14. The highest BCUT2D eigenvalue weighted by Gasteiger charge is 2.08. The van der Waals surface area contributed by atoms with Crippen molar-refractivity contribution in [2.75, 3.05) is 6.61 Å². The normalized spacial score (nSPS) is 11.3. The molecule has 2 aromatic heterocycles. The van der Waals surface area contributed by atoms with Crippen LogP contribution in [0.2, 0.25) is 0 Å². The quantitative estimate of drug-likeness (QED) is 0.610. The molecule has 2 heterocycles. The van der Waals surface area contributed by atoms with Crippen molar-refractivity contribution in [1.82, 2.24) is 0 Å². The number of carbonyl (C=O) groups excluding carboxylic acids is 1. The zero-order chi connectivity index (χ0) is 14.7. The first-order valence-corrected chi connectivity index (χ1v) is 8.39. The largest absolute Gasteiger partial charge is 0.462 e. The van der Waals surface area contributed by atoms with E-state index in [1.54, 1.807) is 11.3 Å². The maximum Gasteiger partial charge on any atom is 0.348 e. The molecule has 0 aliphatic heterocycles. The topological polar surface area (TPSA) is 26.3 Å². The summed E-state index contributed by atoms with van der Waals surface area (Å²) in [5.74, 6) is -0.247. The van der Waals surface area contributed by atoms with Crippen molar-refractivity contribution in [2.24, 2.45) is 0 Å². The molecule has 0 aliphatic rings. The first kappa shape index (κ1) is 14.0. The van der Waals surface area contributed by atoms with Crippen LogP contribution in [0.1, 0.15) is 27.0 Å². The predicted molar refractivity (Wildman–Crippen MR) is 91.0 cm³/mol. The molecule has 0 spiro atoms. The first-order valence-electron chi connectivity index (χ1n) is 6.69. The van der Waals surface area contributed by atoms with Gasteiger partial charge in [-0.15, -0.1) is 22.7 Å². The fourth-order valence-corrected chi connectivity index (χ4v) is 3.79. The van der Waals surface area contributed by atoms with E-state index in [9.17, 15) is 4.79 Å². The third-order valence-corrected chi connectivity index (χ3v) is 5.05. The summed E-state index contributed by atoms with van der Waals surface area (Å²) in [6.45, 7) is 2.22. The number of hydrogen-bond donors (Lipinski definition) is 0. The Labute approximate surface area is 131 Å². The van der Waals surface area contributed by atoms with Gasteiger partial charge in [0.2, 0.25) is 0 Å². The van der Waals surface area contributed by atoms with Crippen LogP contribution in [0.5, 0.6) is 0 Å². The second-order valence-electron chi connectivity index (χ2n) is 4.44. The maximum absolute atomic E-state index is 11.6. The summed E-state index contributed by atoms with van der Waals surface area (Å²) in [7, 11) is 0. The molecule has 4 heteroatoms. The van der Waals surface area contributed by atoms with Gasteiger partial charge in [-0.05, 0) is 47.5 Å². The number of fused-ring (bicyclic) bond motifs is 1. The van der Waals surface area contributed by atoms with E-state index >= 15 is 0 Å². The fraction of sp³-hybridized carbons (Fsp3) is 0.118. The lowest BCUT2D eigenvalue weighted by atomic mass is 10.1. The molecule has 0 amide bonds. The number of carbonyl (C=O) groups is 1. The summed E-state index contributed by atoms with van der Waals surface area (Å²) in [6, 6.07) is 12.1. The number of esters is 1. The smallest absolute Gasteiger partial charge is 0.348 e. The molecule has 3 rings (SSSR count). The van der Waals surface area contributed by atoms with Crippen molar-refractivity contribution in [3.05, 3.63) is 57.1 Å². The summed E-state index contributed by atoms with van der Waals surface area (Å²) in [5, 5.41) is 3.42. The minimum Gasteiger partial charge on any atom is -0.462 e. The van der Waals surface area contributed by atoms with Gasteiger partial charge in [-0.1, -0.05) is 24.3 Å². The number of rotatable bonds is 4. The molecule has 1 aromatic carbocycles. The lowest BCUT2D eigenvalue weighted by Gasteiger charge is -1.96. The minimum atomic E-state index is -0.247. The van der Waals surface area contributed by atoms with Crippen LogP contribution in [-0.2, 0) is 4.74 Å². The Hall–Kier alpha value is -1.91. The molecule has 3 aromatic rings. The van der Waals surface area contributed by atoms with E-state index in [2.05, 4.69) is 35.7 Å². The van der Waals surface area contributed by atoms with Gasteiger partial charge in [-0.2, -0.15) is 0 Å². The lowest BCUT2D eigenvalue weighted by molar-refractivity contribution is 0.0532. The van der Waals surface area contributed by atoms with Gasteiger partial charge in [0.05, 0.1) is 6.61 Å². The van der Waals surface area contributed by atoms with Crippen molar-refractivity contribution in [1.29, 1.82) is 0 Å². The number of hydrogen-bond acceptors (Lipinski definition) is 4. The highest BCUT2D eigenvalue weighted by molar-refractivity contribution is 7.17. The molecular weight excluding hydrogens is 300 g/mol. The Kier molecular flexibility index (Phi) is 4.18. The highest BCUT2D eigenvalue weighted by Crippen LogP contribution is 2.28. The van der Waals surface area contributed by atoms with Gasteiger partial charge < -0.3 is 4.74 Å². The van der Waals surface area contributed by atoms with Crippen molar-refractivity contribution >= 4 is 50.9 Å². The van der Waals surface area contributed by atoms with Crippen LogP contribution in [0.3, 0.4) is 0 Å². The van der Waals surface area contributed by atoms with Gasteiger partial charge in [0.15, 0.2) is 0 Å². The SMILES string of the molecule is CCOC(=O)c1ccc(C=Cc2csc3ccccc23)s1. The van der Waals surface area contributed by atoms with Crippen LogP contribution in [0.25, 0.3) is 22.2 Å². The van der Waals surface area contributed by atoms with Crippen LogP contribution in [0.4, 0.5) is 0 Å². The molecule has 0 radical (unpaired) electrons. The molecule has 0 N–H and O–H groups in total. The zero-order valence-electron chi connectivity index (χ0n) is 11.5. The van der Waals surface area contributed by atoms with E-state index in [1.807, 2.05) is 25.1 Å². The van der Waals surface area contributed by atoms with Crippen molar-refractivity contribution in [3.63, 3.8) is 0 Å². The van der Waals surface area contributed by atoms with Gasteiger partial charge in [0, 0.05) is 9.58 Å². The molecule has 0 saturated carbocycles. The molecule has 0 aliphatic carbocycles. The Morgan fingerprint density at radius 2 is 2.05 bits per heavy atom. The van der Waals surface area contributed by atoms with E-state index in [1.165, 1.54) is 27.0 Å². The standard InChI is InChI=1S/C17H14O2S2/c1-2-19-17(18)16-10-9-13(21-16)8-7-12-11-20-15-6-4-3-5-14(12)15/h3-11H,2H2,1H3. The van der Waals surface area contributed by atoms with Crippen molar-refractivity contribution < 1.29 is 9.53 Å². The fourth-order valence-electron chi connectivity index (χ4n) is 2.05. The second-order valence-corrected chi connectivity index (χ2v) is 6.47. The maximum atomic E-state index is 11.6. The average Bonchev–Trinajstić information content (AvgIpc) is 3.12. The highest BCUT2D eigenvalue weighted by atomic mass is 32.1. The molecule has 106 valence electrons. The van der Waals surface area contributed by atoms with E-state index in [-0.39, 0.29) is 5.97 Å². The summed E-state index contributed by atoms with van der Waals surface area (Å²) >= 11 is 3.19. The third kappa shape index (κ3) is 3.06. The molecule has 0 fully saturated rings. The Balaban J connectivity index is 1.81. The van der Waals surface area contributed by atoms with E-state index in [0.717, 1.165) is 4.88 Å². The van der Waals surface area contributed by atoms with Gasteiger partial charge in [-0.3, -0.25) is 0 Å². The molecule has 0 unspecified atom stereocenters.